The number of nitro groups is 1. The number of hydrogen-bond acceptors (Lipinski definition) is 5. The molecule has 1 aliphatic rings. The maximum atomic E-state index is 12.5. The number of non-ortho nitro benzene ring substituents is 1. The van der Waals surface area contributed by atoms with E-state index in [2.05, 4.69) is 0 Å². The van der Waals surface area contributed by atoms with E-state index in [0.717, 1.165) is 0 Å². The molecule has 0 aliphatic carbocycles. The third kappa shape index (κ3) is 1.90. The maximum Gasteiger partial charge on any atom is 0.269 e. The van der Waals surface area contributed by atoms with Gasteiger partial charge in [-0.3, -0.25) is 10.1 Å². The molecular weight excluding hydrogens is 294 g/mol. The van der Waals surface area contributed by atoms with Gasteiger partial charge in [-0.05, 0) is 29.8 Å². The van der Waals surface area contributed by atoms with Crippen molar-refractivity contribution in [1.29, 1.82) is 0 Å². The number of aliphatic hydroxyl groups is 1. The van der Waals surface area contributed by atoms with E-state index in [4.69, 9.17) is 0 Å². The largest absolute Gasteiger partial charge is 0.506 e. The molecule has 0 radical (unpaired) electrons. The highest BCUT2D eigenvalue weighted by Crippen LogP contribution is 2.42. The van der Waals surface area contributed by atoms with Gasteiger partial charge in [0.1, 0.15) is 10.7 Å². The topological polar surface area (TPSA) is 97.5 Å². The van der Waals surface area contributed by atoms with Gasteiger partial charge in [0.2, 0.25) is 9.84 Å². The average Bonchev–Trinajstić information content (AvgIpc) is 2.67. The minimum Gasteiger partial charge on any atom is -0.506 e. The molecule has 7 heteroatoms. The van der Waals surface area contributed by atoms with Gasteiger partial charge in [0.25, 0.3) is 5.69 Å². The highest BCUT2D eigenvalue weighted by atomic mass is 32.2. The number of hydrogen-bond donors (Lipinski definition) is 1. The summed E-state index contributed by atoms with van der Waals surface area (Å²) in [6, 6.07) is 11.2. The molecule has 2 aromatic rings. The van der Waals surface area contributed by atoms with Gasteiger partial charge in [0.05, 0.1) is 9.82 Å². The number of benzene rings is 2. The molecule has 0 amide bonds. The Hall–Kier alpha value is -2.67. The monoisotopic (exact) mass is 303 g/mol. The first-order valence-electron chi connectivity index (χ1n) is 5.95. The molecule has 0 atom stereocenters. The van der Waals surface area contributed by atoms with Crippen LogP contribution in [0.3, 0.4) is 0 Å². The minimum atomic E-state index is -3.82. The highest BCUT2D eigenvalue weighted by Gasteiger charge is 2.36. The van der Waals surface area contributed by atoms with Crippen LogP contribution in [0.15, 0.2) is 53.4 Å². The molecule has 3 rings (SSSR count). The Morgan fingerprint density at radius 2 is 1.62 bits per heavy atom. The van der Waals surface area contributed by atoms with Crippen LogP contribution in [0.25, 0.3) is 10.7 Å². The number of aliphatic hydroxyl groups excluding tert-OH is 1. The first-order valence-corrected chi connectivity index (χ1v) is 7.44. The van der Waals surface area contributed by atoms with Gasteiger partial charge in [0, 0.05) is 17.7 Å². The zero-order valence-electron chi connectivity index (χ0n) is 10.6. The summed E-state index contributed by atoms with van der Waals surface area (Å²) in [4.78, 5) is 9.87. The zero-order valence-corrected chi connectivity index (χ0v) is 11.4. The zero-order chi connectivity index (χ0) is 15.2. The van der Waals surface area contributed by atoms with Crippen LogP contribution in [0, 0.1) is 10.1 Å². The molecule has 0 bridgehead atoms. The minimum absolute atomic E-state index is 0.0378. The highest BCUT2D eigenvalue weighted by molar-refractivity contribution is 8.01. The van der Waals surface area contributed by atoms with E-state index in [0.29, 0.717) is 0 Å². The fourth-order valence-corrected chi connectivity index (χ4v) is 4.03. The molecule has 1 heterocycles. The lowest BCUT2D eigenvalue weighted by Crippen LogP contribution is -2.00. The molecule has 0 unspecified atom stereocenters. The Labute approximate surface area is 120 Å². The predicted octanol–water partition coefficient (Wildman–Crippen LogP) is 2.77. The lowest BCUT2D eigenvalue weighted by molar-refractivity contribution is -0.384. The molecule has 0 fully saturated rings. The molecule has 6 nitrogen and oxygen atoms in total. The van der Waals surface area contributed by atoms with E-state index < -0.39 is 14.8 Å². The summed E-state index contributed by atoms with van der Waals surface area (Å²) in [5.41, 5.74) is 0.312. The second kappa shape index (κ2) is 4.42. The normalized spacial score (nSPS) is 15.8. The molecule has 106 valence electrons. The van der Waals surface area contributed by atoms with E-state index >= 15 is 0 Å². The molecule has 0 aromatic heterocycles. The van der Waals surface area contributed by atoms with Gasteiger partial charge >= 0.3 is 0 Å². The van der Waals surface area contributed by atoms with Gasteiger partial charge in [-0.2, -0.15) is 0 Å². The van der Waals surface area contributed by atoms with E-state index in [1.807, 2.05) is 0 Å². The van der Waals surface area contributed by atoms with Crippen molar-refractivity contribution in [1.82, 2.24) is 0 Å². The van der Waals surface area contributed by atoms with E-state index in [9.17, 15) is 23.6 Å². The molecule has 1 aliphatic heterocycles. The van der Waals surface area contributed by atoms with Crippen LogP contribution in [0.5, 0.6) is 0 Å². The van der Waals surface area contributed by atoms with Gasteiger partial charge < -0.3 is 5.11 Å². The maximum absolute atomic E-state index is 12.5. The predicted molar refractivity (Wildman–Crippen MR) is 76.2 cm³/mol. The van der Waals surface area contributed by atoms with E-state index in [-0.39, 0.29) is 32.4 Å². The molecule has 1 N–H and O–H groups in total. The van der Waals surface area contributed by atoms with Crippen molar-refractivity contribution < 1.29 is 18.4 Å². The summed E-state index contributed by atoms with van der Waals surface area (Å²) in [5, 5.41) is 20.8. The second-order valence-electron chi connectivity index (χ2n) is 4.48. The van der Waals surface area contributed by atoms with Crippen LogP contribution in [0.1, 0.15) is 11.1 Å². The van der Waals surface area contributed by atoms with Crippen LogP contribution in [0.4, 0.5) is 5.69 Å². The van der Waals surface area contributed by atoms with Crippen LogP contribution in [0.2, 0.25) is 0 Å². The lowest BCUT2D eigenvalue weighted by Gasteiger charge is -2.03. The van der Waals surface area contributed by atoms with Gasteiger partial charge in [-0.25, -0.2) is 8.42 Å². The summed E-state index contributed by atoms with van der Waals surface area (Å²) in [6.07, 6.45) is 0. The lowest BCUT2D eigenvalue weighted by atomic mass is 10.1. The average molecular weight is 303 g/mol. The Kier molecular flexibility index (Phi) is 2.80. The van der Waals surface area contributed by atoms with Crippen molar-refractivity contribution in [3.05, 3.63) is 69.8 Å². The molecular formula is C14H9NO5S. The number of rotatable bonds is 2. The Balaban J connectivity index is 2.20. The molecule has 21 heavy (non-hydrogen) atoms. The number of fused-ring (bicyclic) bond motifs is 1. The van der Waals surface area contributed by atoms with E-state index in [1.165, 1.54) is 36.4 Å². The fourth-order valence-electron chi connectivity index (χ4n) is 2.28. The van der Waals surface area contributed by atoms with Gasteiger partial charge in [-0.1, -0.05) is 12.1 Å². The molecule has 0 saturated heterocycles. The summed E-state index contributed by atoms with van der Waals surface area (Å²) in [7, 11) is -3.82. The molecule has 0 saturated carbocycles. The van der Waals surface area contributed by atoms with Crippen molar-refractivity contribution in [3.8, 4) is 0 Å². The van der Waals surface area contributed by atoms with Crippen LogP contribution < -0.4 is 0 Å². The Morgan fingerprint density at radius 1 is 1.00 bits per heavy atom. The summed E-state index contributed by atoms with van der Waals surface area (Å²) in [6.45, 7) is 0. The van der Waals surface area contributed by atoms with Crippen molar-refractivity contribution >= 4 is 26.2 Å². The van der Waals surface area contributed by atoms with Gasteiger partial charge in [-0.15, -0.1) is 0 Å². The van der Waals surface area contributed by atoms with Crippen LogP contribution >= 0.6 is 0 Å². The third-order valence-corrected chi connectivity index (χ3v) is 5.16. The molecule has 2 aromatic carbocycles. The van der Waals surface area contributed by atoms with Crippen LogP contribution in [-0.2, 0) is 9.84 Å². The first kappa shape index (κ1) is 13.3. The summed E-state index contributed by atoms with van der Waals surface area (Å²) < 4.78 is 24.9. The SMILES string of the molecule is O=[N+]([O-])c1ccc(C2=C(O)c3ccccc3S2(=O)=O)cc1. The van der Waals surface area contributed by atoms with Gasteiger partial charge in [0.15, 0.2) is 0 Å². The fraction of sp³-hybridized carbons (Fsp3) is 0. The summed E-state index contributed by atoms with van der Waals surface area (Å²) in [5.74, 6) is -0.334. The van der Waals surface area contributed by atoms with Crippen molar-refractivity contribution in [3.63, 3.8) is 0 Å². The number of nitro benzene ring substituents is 1. The summed E-state index contributed by atoms with van der Waals surface area (Å²) >= 11 is 0. The Bertz CT molecular complexity index is 882. The third-order valence-electron chi connectivity index (χ3n) is 3.26. The smallest absolute Gasteiger partial charge is 0.269 e. The first-order chi connectivity index (χ1) is 9.93. The van der Waals surface area contributed by atoms with E-state index in [1.54, 1.807) is 12.1 Å². The number of sulfone groups is 1. The second-order valence-corrected chi connectivity index (χ2v) is 6.34. The van der Waals surface area contributed by atoms with Crippen molar-refractivity contribution in [2.24, 2.45) is 0 Å². The number of nitrogens with zero attached hydrogens (tertiary/aromatic N) is 1. The van der Waals surface area contributed by atoms with Crippen molar-refractivity contribution in [2.45, 2.75) is 4.90 Å². The van der Waals surface area contributed by atoms with Crippen molar-refractivity contribution in [2.75, 3.05) is 0 Å². The standard InChI is InChI=1S/C14H9NO5S/c16-13-11-3-1-2-4-12(11)21(19,20)14(13)9-5-7-10(8-6-9)15(17)18/h1-8,16H. The van der Waals surface area contributed by atoms with Crippen LogP contribution in [-0.4, -0.2) is 18.4 Å². The Morgan fingerprint density at radius 3 is 2.19 bits per heavy atom. The quantitative estimate of drug-likeness (QED) is 0.679. The molecule has 0 spiro atoms.